The summed E-state index contributed by atoms with van der Waals surface area (Å²) in [5.41, 5.74) is 0. The smallest absolute Gasteiger partial charge is 0.205 e. The second-order valence-electron chi connectivity index (χ2n) is 5.23. The van der Waals surface area contributed by atoms with E-state index in [4.69, 9.17) is 0 Å². The highest BCUT2D eigenvalue weighted by Crippen LogP contribution is 2.21. The summed E-state index contributed by atoms with van der Waals surface area (Å²) in [4.78, 5) is 4.79. The second-order valence-corrected chi connectivity index (χ2v) is 6.29. The zero-order chi connectivity index (χ0) is 13.0. The first-order valence-corrected chi connectivity index (χ1v) is 7.36. The Bertz CT molecular complexity index is 357. The van der Waals surface area contributed by atoms with E-state index in [1.807, 2.05) is 7.05 Å². The van der Waals surface area contributed by atoms with E-state index in [9.17, 15) is 0 Å². The molecular weight excluding hydrogens is 246 g/mol. The monoisotopic (exact) mass is 269 g/mol. The van der Waals surface area contributed by atoms with Crippen molar-refractivity contribution in [1.29, 1.82) is 0 Å². The quantitative estimate of drug-likeness (QED) is 0.874. The fourth-order valence-corrected chi connectivity index (χ4v) is 3.19. The summed E-state index contributed by atoms with van der Waals surface area (Å²) in [5, 5.41) is 13.3. The number of likely N-dealkylation sites (tertiary alicyclic amines) is 1. The van der Waals surface area contributed by atoms with E-state index >= 15 is 0 Å². The lowest BCUT2D eigenvalue weighted by atomic mass is 9.96. The number of anilines is 1. The lowest BCUT2D eigenvalue weighted by molar-refractivity contribution is 0.156. The predicted molar refractivity (Wildman–Crippen MR) is 76.0 cm³/mol. The molecule has 1 fully saturated rings. The largest absolute Gasteiger partial charge is 0.363 e. The molecule has 1 saturated heterocycles. The highest BCUT2D eigenvalue weighted by atomic mass is 32.1. The maximum absolute atomic E-state index is 4.20. The third-order valence-corrected chi connectivity index (χ3v) is 4.30. The van der Waals surface area contributed by atoms with Crippen LogP contribution >= 0.6 is 11.3 Å². The Labute approximate surface area is 113 Å². The van der Waals surface area contributed by atoms with E-state index in [1.165, 1.54) is 32.5 Å². The number of hydrogen-bond acceptors (Lipinski definition) is 6. The van der Waals surface area contributed by atoms with Gasteiger partial charge in [-0.25, -0.2) is 0 Å². The molecule has 0 amide bonds. The summed E-state index contributed by atoms with van der Waals surface area (Å²) < 4.78 is 0. The van der Waals surface area contributed by atoms with E-state index in [0.29, 0.717) is 0 Å². The minimum Gasteiger partial charge on any atom is -0.363 e. The summed E-state index contributed by atoms with van der Waals surface area (Å²) in [6, 6.07) is 0. The third-order valence-electron chi connectivity index (χ3n) is 3.37. The molecule has 102 valence electrons. The molecule has 0 unspecified atom stereocenters. The number of piperidine rings is 1. The van der Waals surface area contributed by atoms with E-state index in [-0.39, 0.29) is 0 Å². The number of rotatable bonds is 5. The first-order chi connectivity index (χ1) is 8.67. The van der Waals surface area contributed by atoms with E-state index in [1.54, 1.807) is 11.3 Å². The van der Waals surface area contributed by atoms with E-state index < -0.39 is 0 Å². The van der Waals surface area contributed by atoms with Crippen LogP contribution in [-0.4, -0.2) is 60.8 Å². The fraction of sp³-hybridized carbons (Fsp3) is 0.833. The van der Waals surface area contributed by atoms with E-state index in [0.717, 1.165) is 22.6 Å². The molecule has 0 aliphatic carbocycles. The van der Waals surface area contributed by atoms with Crippen molar-refractivity contribution in [3.8, 4) is 0 Å². The van der Waals surface area contributed by atoms with Gasteiger partial charge < -0.3 is 10.2 Å². The molecule has 1 aliphatic rings. The number of hydrogen-bond donors (Lipinski definition) is 1. The zero-order valence-electron chi connectivity index (χ0n) is 11.5. The van der Waals surface area contributed by atoms with Crippen molar-refractivity contribution in [2.24, 2.45) is 5.92 Å². The van der Waals surface area contributed by atoms with Crippen LogP contribution in [0.4, 0.5) is 5.13 Å². The average molecular weight is 269 g/mol. The third kappa shape index (κ3) is 3.90. The maximum atomic E-state index is 4.20. The van der Waals surface area contributed by atoms with Crippen molar-refractivity contribution in [1.82, 2.24) is 20.0 Å². The average Bonchev–Trinajstić information content (AvgIpc) is 2.79. The van der Waals surface area contributed by atoms with Crippen molar-refractivity contribution in [3.63, 3.8) is 0 Å². The highest BCUT2D eigenvalue weighted by Gasteiger charge is 2.20. The molecule has 0 aromatic carbocycles. The minimum absolute atomic E-state index is 0.860. The molecular formula is C12H23N5S. The Morgan fingerprint density at radius 1 is 1.33 bits per heavy atom. The Balaban J connectivity index is 1.76. The number of nitrogens with zero attached hydrogens (tertiary/aromatic N) is 4. The van der Waals surface area contributed by atoms with Gasteiger partial charge in [-0.1, -0.05) is 11.3 Å². The summed E-state index contributed by atoms with van der Waals surface area (Å²) >= 11 is 1.65. The summed E-state index contributed by atoms with van der Waals surface area (Å²) in [6.45, 7) is 4.55. The van der Waals surface area contributed by atoms with Gasteiger partial charge in [0.25, 0.3) is 0 Å². The molecule has 2 rings (SSSR count). The molecule has 6 heteroatoms. The Kier molecular flexibility index (Phi) is 4.91. The number of nitrogens with one attached hydrogen (secondary N) is 1. The Morgan fingerprint density at radius 3 is 2.61 bits per heavy atom. The van der Waals surface area contributed by atoms with Gasteiger partial charge in [-0.05, 0) is 45.9 Å². The molecule has 0 radical (unpaired) electrons. The van der Waals surface area contributed by atoms with Crippen LogP contribution in [0, 0.1) is 5.92 Å². The van der Waals surface area contributed by atoms with Crippen LogP contribution in [0.3, 0.4) is 0 Å². The van der Waals surface area contributed by atoms with Crippen molar-refractivity contribution < 1.29 is 0 Å². The van der Waals surface area contributed by atoms with Gasteiger partial charge in [0.2, 0.25) is 5.13 Å². The Hall–Kier alpha value is -0.720. The van der Waals surface area contributed by atoms with Crippen molar-refractivity contribution >= 4 is 16.5 Å². The molecule has 0 bridgehead atoms. The second kappa shape index (κ2) is 6.45. The van der Waals surface area contributed by atoms with Gasteiger partial charge in [-0.15, -0.1) is 10.2 Å². The molecule has 0 atom stereocenters. The van der Waals surface area contributed by atoms with Gasteiger partial charge >= 0.3 is 0 Å². The minimum atomic E-state index is 0.860. The topological polar surface area (TPSA) is 44.3 Å². The predicted octanol–water partition coefficient (Wildman–Crippen LogP) is 1.35. The first kappa shape index (κ1) is 13.7. The Morgan fingerprint density at radius 2 is 2.06 bits per heavy atom. The molecule has 1 N–H and O–H groups in total. The van der Waals surface area contributed by atoms with Gasteiger partial charge in [-0.3, -0.25) is 4.90 Å². The van der Waals surface area contributed by atoms with Gasteiger partial charge in [-0.2, -0.15) is 0 Å². The van der Waals surface area contributed by atoms with Gasteiger partial charge in [0.1, 0.15) is 5.01 Å². The summed E-state index contributed by atoms with van der Waals surface area (Å²) in [6.07, 6.45) is 2.60. The van der Waals surface area contributed by atoms with Crippen LogP contribution in [0.2, 0.25) is 0 Å². The lowest BCUT2D eigenvalue weighted by Crippen LogP contribution is -2.36. The van der Waals surface area contributed by atoms with Crippen LogP contribution < -0.4 is 5.32 Å². The van der Waals surface area contributed by atoms with Crippen LogP contribution in [0.25, 0.3) is 0 Å². The lowest BCUT2D eigenvalue weighted by Gasteiger charge is -2.32. The van der Waals surface area contributed by atoms with Crippen LogP contribution in [0.15, 0.2) is 0 Å². The van der Waals surface area contributed by atoms with Crippen molar-refractivity contribution in [3.05, 3.63) is 5.01 Å². The first-order valence-electron chi connectivity index (χ1n) is 6.54. The molecule has 2 heterocycles. The van der Waals surface area contributed by atoms with Gasteiger partial charge in [0.15, 0.2) is 0 Å². The van der Waals surface area contributed by atoms with Crippen molar-refractivity contribution in [2.45, 2.75) is 19.4 Å². The standard InChI is InChI=1S/C12H23N5S/c1-13-12-15-14-11(18-12)9-17-6-4-10(5-7-17)8-16(2)3/h10H,4-9H2,1-3H3,(H,13,15). The molecule has 1 aromatic heterocycles. The number of aromatic nitrogens is 2. The summed E-state index contributed by atoms with van der Waals surface area (Å²) in [5.74, 6) is 0.860. The zero-order valence-corrected chi connectivity index (χ0v) is 12.3. The molecule has 1 aromatic rings. The molecule has 1 aliphatic heterocycles. The van der Waals surface area contributed by atoms with Gasteiger partial charge in [0, 0.05) is 13.6 Å². The van der Waals surface area contributed by atoms with E-state index in [2.05, 4.69) is 39.4 Å². The van der Waals surface area contributed by atoms with Crippen molar-refractivity contribution in [2.75, 3.05) is 46.1 Å². The van der Waals surface area contributed by atoms with Crippen LogP contribution in [0.1, 0.15) is 17.8 Å². The summed E-state index contributed by atoms with van der Waals surface area (Å²) in [7, 11) is 6.21. The molecule has 5 nitrogen and oxygen atoms in total. The van der Waals surface area contributed by atoms with Gasteiger partial charge in [0.05, 0.1) is 6.54 Å². The van der Waals surface area contributed by atoms with Crippen LogP contribution in [0.5, 0.6) is 0 Å². The molecule has 0 spiro atoms. The maximum Gasteiger partial charge on any atom is 0.205 e. The van der Waals surface area contributed by atoms with Crippen LogP contribution in [-0.2, 0) is 6.54 Å². The SMILES string of the molecule is CNc1nnc(CN2CCC(CN(C)C)CC2)s1. The normalized spacial score (nSPS) is 18.4. The highest BCUT2D eigenvalue weighted by molar-refractivity contribution is 7.15. The fourth-order valence-electron chi connectivity index (χ4n) is 2.45. The molecule has 0 saturated carbocycles. The molecule has 18 heavy (non-hydrogen) atoms.